The van der Waals surface area contributed by atoms with Crippen LogP contribution in [0, 0.1) is 0 Å². The van der Waals surface area contributed by atoms with Crippen molar-refractivity contribution in [1.82, 2.24) is 0 Å². The molecule has 7 heteroatoms. The summed E-state index contributed by atoms with van der Waals surface area (Å²) in [5.74, 6) is 0. The first-order valence-electron chi connectivity index (χ1n) is 17.0. The zero-order chi connectivity index (χ0) is 28.9. The molecule has 0 heterocycles. The third-order valence-corrected chi connectivity index (χ3v) is 6.77. The zero-order valence-electron chi connectivity index (χ0n) is 26.8. The fraction of sp³-hybridized carbons (Fsp3) is 1.00. The molecule has 0 bridgehead atoms. The van der Waals surface area contributed by atoms with Gasteiger partial charge in [-0.2, -0.15) is 0 Å². The molecule has 0 radical (unpaired) electrons. The lowest BCUT2D eigenvalue weighted by Gasteiger charge is -2.08. The van der Waals surface area contributed by atoms with Crippen molar-refractivity contribution in [3.63, 3.8) is 0 Å². The third-order valence-electron chi connectivity index (χ3n) is 6.77. The van der Waals surface area contributed by atoms with E-state index < -0.39 is 0 Å². The SMILES string of the molecule is CCCCCCCCCCCCCOCCOCCOCCOCCOCCOCCOCCCCCCCC. The van der Waals surface area contributed by atoms with Gasteiger partial charge in [-0.05, 0) is 12.8 Å². The van der Waals surface area contributed by atoms with E-state index in [1.165, 1.54) is 96.3 Å². The Hall–Kier alpha value is -0.280. The topological polar surface area (TPSA) is 64.6 Å². The van der Waals surface area contributed by atoms with Crippen molar-refractivity contribution < 1.29 is 33.2 Å². The zero-order valence-corrected chi connectivity index (χ0v) is 26.8. The van der Waals surface area contributed by atoms with E-state index in [2.05, 4.69) is 13.8 Å². The molecule has 0 saturated carbocycles. The Morgan fingerprint density at radius 2 is 0.375 bits per heavy atom. The van der Waals surface area contributed by atoms with Crippen LogP contribution in [0.2, 0.25) is 0 Å². The molecule has 0 unspecified atom stereocenters. The van der Waals surface area contributed by atoms with Crippen molar-refractivity contribution in [1.29, 1.82) is 0 Å². The van der Waals surface area contributed by atoms with Gasteiger partial charge in [0.05, 0.1) is 79.3 Å². The molecular weight excluding hydrogens is 508 g/mol. The van der Waals surface area contributed by atoms with Crippen LogP contribution < -0.4 is 0 Å². The van der Waals surface area contributed by atoms with Crippen molar-refractivity contribution in [2.24, 2.45) is 0 Å². The van der Waals surface area contributed by atoms with Gasteiger partial charge in [0.1, 0.15) is 0 Å². The first-order chi connectivity index (χ1) is 19.9. The number of hydrogen-bond donors (Lipinski definition) is 0. The first kappa shape index (κ1) is 39.7. The fourth-order valence-corrected chi connectivity index (χ4v) is 4.27. The van der Waals surface area contributed by atoms with Crippen LogP contribution in [0.4, 0.5) is 0 Å². The smallest absolute Gasteiger partial charge is 0.0701 e. The van der Waals surface area contributed by atoms with Crippen molar-refractivity contribution in [3.8, 4) is 0 Å². The van der Waals surface area contributed by atoms with Gasteiger partial charge in [0.25, 0.3) is 0 Å². The van der Waals surface area contributed by atoms with Crippen LogP contribution in [0.15, 0.2) is 0 Å². The Morgan fingerprint density at radius 3 is 0.600 bits per heavy atom. The molecule has 0 fully saturated rings. The van der Waals surface area contributed by atoms with Crippen LogP contribution in [0.5, 0.6) is 0 Å². The second-order valence-electron chi connectivity index (χ2n) is 10.6. The molecule has 242 valence electrons. The van der Waals surface area contributed by atoms with E-state index in [1.54, 1.807) is 0 Å². The Labute approximate surface area is 248 Å². The summed E-state index contributed by atoms with van der Waals surface area (Å²) in [6.45, 7) is 13.4. The maximum Gasteiger partial charge on any atom is 0.0701 e. The van der Waals surface area contributed by atoms with Crippen LogP contribution in [-0.4, -0.2) is 92.5 Å². The minimum Gasteiger partial charge on any atom is -0.379 e. The molecule has 0 aromatic carbocycles. The van der Waals surface area contributed by atoms with Crippen LogP contribution in [-0.2, 0) is 33.2 Å². The largest absolute Gasteiger partial charge is 0.379 e. The lowest BCUT2D eigenvalue weighted by molar-refractivity contribution is -0.0206. The normalized spacial score (nSPS) is 11.6. The minimum absolute atomic E-state index is 0.567. The molecule has 0 spiro atoms. The summed E-state index contributed by atoms with van der Waals surface area (Å²) in [4.78, 5) is 0. The maximum atomic E-state index is 5.65. The summed E-state index contributed by atoms with van der Waals surface area (Å²) < 4.78 is 38.9. The second kappa shape index (κ2) is 38.7. The summed E-state index contributed by atoms with van der Waals surface area (Å²) in [7, 11) is 0. The monoisotopic (exact) mass is 576 g/mol. The highest BCUT2D eigenvalue weighted by Gasteiger charge is 1.96. The molecule has 0 aromatic rings. The summed E-state index contributed by atoms with van der Waals surface area (Å²) in [6.07, 6.45) is 22.7. The van der Waals surface area contributed by atoms with E-state index in [4.69, 9.17) is 33.2 Å². The van der Waals surface area contributed by atoms with Gasteiger partial charge in [-0.25, -0.2) is 0 Å². The lowest BCUT2D eigenvalue weighted by Crippen LogP contribution is -2.14. The molecule has 0 aliphatic heterocycles. The summed E-state index contributed by atoms with van der Waals surface area (Å²) in [6, 6.07) is 0. The van der Waals surface area contributed by atoms with Gasteiger partial charge in [-0.3, -0.25) is 0 Å². The van der Waals surface area contributed by atoms with Crippen molar-refractivity contribution in [2.75, 3.05) is 92.5 Å². The predicted octanol–water partition coefficient (Wildman–Crippen LogP) is 7.77. The van der Waals surface area contributed by atoms with Crippen molar-refractivity contribution in [3.05, 3.63) is 0 Å². The van der Waals surface area contributed by atoms with Gasteiger partial charge in [0.15, 0.2) is 0 Å². The quantitative estimate of drug-likeness (QED) is 0.0700. The highest BCUT2D eigenvalue weighted by Crippen LogP contribution is 2.11. The molecule has 0 atom stereocenters. The van der Waals surface area contributed by atoms with Crippen LogP contribution in [0.25, 0.3) is 0 Å². The van der Waals surface area contributed by atoms with E-state index >= 15 is 0 Å². The van der Waals surface area contributed by atoms with Crippen LogP contribution >= 0.6 is 0 Å². The summed E-state index contributed by atoms with van der Waals surface area (Å²) in [5, 5.41) is 0. The average molecular weight is 577 g/mol. The van der Waals surface area contributed by atoms with Crippen LogP contribution in [0.1, 0.15) is 123 Å². The maximum absolute atomic E-state index is 5.65. The van der Waals surface area contributed by atoms with E-state index in [-0.39, 0.29) is 0 Å². The molecule has 0 amide bonds. The van der Waals surface area contributed by atoms with E-state index in [9.17, 15) is 0 Å². The predicted molar refractivity (Wildman–Crippen MR) is 166 cm³/mol. The van der Waals surface area contributed by atoms with Gasteiger partial charge in [0.2, 0.25) is 0 Å². The Morgan fingerprint density at radius 1 is 0.200 bits per heavy atom. The molecular formula is C33H68O7. The summed E-state index contributed by atoms with van der Waals surface area (Å²) in [5.41, 5.74) is 0. The van der Waals surface area contributed by atoms with Crippen molar-refractivity contribution >= 4 is 0 Å². The standard InChI is InChI=1S/C33H68O7/c1-3-5-7-9-11-12-13-14-15-17-19-21-35-23-25-37-27-29-39-31-33-40-32-30-38-28-26-36-24-22-34-20-18-16-10-8-6-4-2/h3-33H2,1-2H3. The molecule has 0 aliphatic carbocycles. The van der Waals surface area contributed by atoms with Gasteiger partial charge >= 0.3 is 0 Å². The number of hydrogen-bond acceptors (Lipinski definition) is 7. The molecule has 40 heavy (non-hydrogen) atoms. The number of ether oxygens (including phenoxy) is 7. The molecule has 0 aromatic heterocycles. The Kier molecular flexibility index (Phi) is 38.4. The third kappa shape index (κ3) is 37.7. The highest BCUT2D eigenvalue weighted by atomic mass is 16.6. The number of unbranched alkanes of at least 4 members (excludes halogenated alkanes) is 15. The van der Waals surface area contributed by atoms with Crippen molar-refractivity contribution in [2.45, 2.75) is 123 Å². The van der Waals surface area contributed by atoms with E-state index in [0.717, 1.165) is 26.1 Å². The van der Waals surface area contributed by atoms with Gasteiger partial charge in [-0.1, -0.05) is 110 Å². The Balaban J connectivity index is 3.01. The fourth-order valence-electron chi connectivity index (χ4n) is 4.27. The van der Waals surface area contributed by atoms with E-state index in [0.29, 0.717) is 79.3 Å². The van der Waals surface area contributed by atoms with Gasteiger partial charge < -0.3 is 33.2 Å². The lowest BCUT2D eigenvalue weighted by atomic mass is 10.1. The average Bonchev–Trinajstić information content (AvgIpc) is 2.97. The molecule has 7 nitrogen and oxygen atoms in total. The highest BCUT2D eigenvalue weighted by molar-refractivity contribution is 4.48. The Bertz CT molecular complexity index is 388. The van der Waals surface area contributed by atoms with Crippen LogP contribution in [0.3, 0.4) is 0 Å². The first-order valence-corrected chi connectivity index (χ1v) is 17.0. The second-order valence-corrected chi connectivity index (χ2v) is 10.6. The number of rotatable bonds is 37. The molecule has 0 N–H and O–H groups in total. The molecule has 0 aliphatic rings. The minimum atomic E-state index is 0.567. The summed E-state index contributed by atoms with van der Waals surface area (Å²) >= 11 is 0. The van der Waals surface area contributed by atoms with Gasteiger partial charge in [-0.15, -0.1) is 0 Å². The molecule has 0 saturated heterocycles. The van der Waals surface area contributed by atoms with Gasteiger partial charge in [0, 0.05) is 13.2 Å². The van der Waals surface area contributed by atoms with E-state index in [1.807, 2.05) is 0 Å². The molecule has 0 rings (SSSR count).